The van der Waals surface area contributed by atoms with Gasteiger partial charge in [0.2, 0.25) is 0 Å². The molecule has 0 aliphatic rings. The number of hydrogen-bond acceptors (Lipinski definition) is 5. The highest BCUT2D eigenvalue weighted by atomic mass is 19.1. The summed E-state index contributed by atoms with van der Waals surface area (Å²) < 4.78 is 22.0. The minimum Gasteiger partial charge on any atom is -0.496 e. The number of benzene rings is 2. The maximum absolute atomic E-state index is 14.7. The van der Waals surface area contributed by atoms with Crippen LogP contribution in [0, 0.1) is 17.1 Å². The van der Waals surface area contributed by atoms with Gasteiger partial charge in [-0.1, -0.05) is 6.07 Å². The number of ether oxygens (including phenoxy) is 1. The molecule has 0 N–H and O–H groups in total. The molecular formula is C21H16FN5O. The second-order valence-corrected chi connectivity index (χ2v) is 6.18. The van der Waals surface area contributed by atoms with E-state index in [1.54, 1.807) is 42.9 Å². The third-order valence-corrected chi connectivity index (χ3v) is 4.64. The lowest BCUT2D eigenvalue weighted by Crippen LogP contribution is -1.96. The first-order chi connectivity index (χ1) is 13.7. The molecule has 7 heteroatoms. The van der Waals surface area contributed by atoms with Gasteiger partial charge in [0.1, 0.15) is 17.1 Å². The quantitative estimate of drug-likeness (QED) is 0.536. The van der Waals surface area contributed by atoms with Crippen molar-refractivity contribution >= 4 is 11.2 Å². The highest BCUT2D eigenvalue weighted by Gasteiger charge is 2.16. The third kappa shape index (κ3) is 2.85. The molecular weight excluding hydrogens is 357 g/mol. The van der Waals surface area contributed by atoms with Crippen molar-refractivity contribution < 1.29 is 9.13 Å². The lowest BCUT2D eigenvalue weighted by atomic mass is 9.97. The topological polar surface area (TPSA) is 76.6 Å². The van der Waals surface area contributed by atoms with Gasteiger partial charge in [-0.2, -0.15) is 10.4 Å². The summed E-state index contributed by atoms with van der Waals surface area (Å²) in [5.74, 6) is 0.0813. The molecule has 0 fully saturated rings. The monoisotopic (exact) mass is 373 g/mol. The Balaban J connectivity index is 1.93. The average Bonchev–Trinajstić information content (AvgIpc) is 3.17. The Morgan fingerprint density at radius 2 is 2.00 bits per heavy atom. The summed E-state index contributed by atoms with van der Waals surface area (Å²) in [5, 5.41) is 17.5. The van der Waals surface area contributed by atoms with Crippen molar-refractivity contribution in [2.75, 3.05) is 7.11 Å². The van der Waals surface area contributed by atoms with Crippen LogP contribution in [0.3, 0.4) is 0 Å². The van der Waals surface area contributed by atoms with Crippen molar-refractivity contribution in [1.29, 1.82) is 5.26 Å². The molecule has 0 saturated heterocycles. The second-order valence-electron chi connectivity index (χ2n) is 6.18. The van der Waals surface area contributed by atoms with Crippen molar-refractivity contribution in [3.8, 4) is 34.1 Å². The maximum atomic E-state index is 14.7. The molecule has 0 atom stereocenters. The van der Waals surface area contributed by atoms with Gasteiger partial charge in [-0.05, 0) is 42.8 Å². The molecule has 0 bridgehead atoms. The highest BCUT2D eigenvalue weighted by molar-refractivity contribution is 5.90. The van der Waals surface area contributed by atoms with E-state index in [1.165, 1.54) is 13.2 Å². The van der Waals surface area contributed by atoms with Gasteiger partial charge in [0.15, 0.2) is 5.65 Å². The predicted octanol–water partition coefficient (Wildman–Crippen LogP) is 4.20. The van der Waals surface area contributed by atoms with Crippen molar-refractivity contribution in [2.45, 2.75) is 13.5 Å². The van der Waals surface area contributed by atoms with Crippen LogP contribution in [-0.2, 0) is 6.54 Å². The maximum Gasteiger partial charge on any atom is 0.183 e. The number of nitriles is 1. The van der Waals surface area contributed by atoms with Crippen LogP contribution in [0.5, 0.6) is 5.75 Å². The standard InChI is InChI=1S/C21H16FN5O/c1-3-27-12-24-20-17(11-25-26-21(20)27)14-5-6-18(22)15(9-14)16-8-13(10-23)4-7-19(16)28-2/h4-9,11-12H,3H2,1-2H3. The zero-order chi connectivity index (χ0) is 19.7. The van der Waals surface area contributed by atoms with Crippen LogP contribution in [-0.4, -0.2) is 26.9 Å². The van der Waals surface area contributed by atoms with Crippen LogP contribution in [0.2, 0.25) is 0 Å². The first-order valence-corrected chi connectivity index (χ1v) is 8.71. The molecule has 0 spiro atoms. The second kappa shape index (κ2) is 7.08. The van der Waals surface area contributed by atoms with E-state index in [1.807, 2.05) is 11.5 Å². The number of halogens is 1. The molecule has 28 heavy (non-hydrogen) atoms. The number of hydrogen-bond donors (Lipinski definition) is 0. The van der Waals surface area contributed by atoms with Crippen LogP contribution < -0.4 is 4.74 Å². The van der Waals surface area contributed by atoms with E-state index in [-0.39, 0.29) is 0 Å². The summed E-state index contributed by atoms with van der Waals surface area (Å²) in [6.07, 6.45) is 3.34. The van der Waals surface area contributed by atoms with Crippen molar-refractivity contribution in [3.63, 3.8) is 0 Å². The van der Waals surface area contributed by atoms with Gasteiger partial charge >= 0.3 is 0 Å². The normalized spacial score (nSPS) is 10.8. The summed E-state index contributed by atoms with van der Waals surface area (Å²) in [7, 11) is 1.51. The van der Waals surface area contributed by atoms with Gasteiger partial charge in [-0.25, -0.2) is 9.37 Å². The van der Waals surface area contributed by atoms with E-state index < -0.39 is 5.82 Å². The molecule has 4 aromatic rings. The molecule has 6 nitrogen and oxygen atoms in total. The molecule has 138 valence electrons. The fraction of sp³-hybridized carbons (Fsp3) is 0.143. The predicted molar refractivity (Wildman–Crippen MR) is 103 cm³/mol. The summed E-state index contributed by atoms with van der Waals surface area (Å²) >= 11 is 0. The van der Waals surface area contributed by atoms with Gasteiger partial charge in [-0.15, -0.1) is 5.10 Å². The Kier molecular flexibility index (Phi) is 4.45. The van der Waals surface area contributed by atoms with E-state index in [4.69, 9.17) is 4.74 Å². The molecule has 0 aliphatic heterocycles. The first-order valence-electron chi connectivity index (χ1n) is 8.71. The Morgan fingerprint density at radius 3 is 2.75 bits per heavy atom. The van der Waals surface area contributed by atoms with Crippen LogP contribution in [0.15, 0.2) is 48.9 Å². The third-order valence-electron chi connectivity index (χ3n) is 4.64. The lowest BCUT2D eigenvalue weighted by molar-refractivity contribution is 0.416. The van der Waals surface area contributed by atoms with E-state index in [0.717, 1.165) is 17.7 Å². The van der Waals surface area contributed by atoms with Crippen LogP contribution in [0.1, 0.15) is 12.5 Å². The number of fused-ring (bicyclic) bond motifs is 1. The molecule has 4 rings (SSSR count). The van der Waals surface area contributed by atoms with Crippen LogP contribution in [0.4, 0.5) is 4.39 Å². The Labute approximate surface area is 160 Å². The summed E-state index contributed by atoms with van der Waals surface area (Å²) in [6.45, 7) is 2.72. The van der Waals surface area contributed by atoms with E-state index in [2.05, 4.69) is 21.3 Å². The molecule has 0 amide bonds. The fourth-order valence-corrected chi connectivity index (χ4v) is 3.20. The van der Waals surface area contributed by atoms with Gasteiger partial charge in [0, 0.05) is 23.2 Å². The number of aromatic nitrogens is 4. The van der Waals surface area contributed by atoms with Gasteiger partial charge in [0.05, 0.1) is 31.3 Å². The Morgan fingerprint density at radius 1 is 1.14 bits per heavy atom. The van der Waals surface area contributed by atoms with Gasteiger partial charge in [-0.3, -0.25) is 0 Å². The summed E-state index contributed by atoms with van der Waals surface area (Å²) in [6, 6.07) is 11.8. The minimum absolute atomic E-state index is 0.339. The number of aryl methyl sites for hydroxylation is 1. The number of methoxy groups -OCH3 is 1. The average molecular weight is 373 g/mol. The van der Waals surface area contributed by atoms with E-state index >= 15 is 0 Å². The molecule has 2 aromatic carbocycles. The Bertz CT molecular complexity index is 1230. The molecule has 2 heterocycles. The smallest absolute Gasteiger partial charge is 0.183 e. The zero-order valence-corrected chi connectivity index (χ0v) is 15.3. The highest BCUT2D eigenvalue weighted by Crippen LogP contribution is 2.36. The fourth-order valence-electron chi connectivity index (χ4n) is 3.20. The SMILES string of the molecule is CCn1cnc2c(-c3ccc(F)c(-c4cc(C#N)ccc4OC)c3)cnnc21. The van der Waals surface area contributed by atoms with E-state index in [9.17, 15) is 9.65 Å². The van der Waals surface area contributed by atoms with E-state index in [0.29, 0.717) is 33.6 Å². The first kappa shape index (κ1) is 17.6. The molecule has 0 radical (unpaired) electrons. The van der Waals surface area contributed by atoms with Gasteiger partial charge < -0.3 is 9.30 Å². The lowest BCUT2D eigenvalue weighted by Gasteiger charge is -2.12. The molecule has 0 saturated carbocycles. The molecule has 2 aromatic heterocycles. The number of rotatable bonds is 4. The summed E-state index contributed by atoms with van der Waals surface area (Å²) in [4.78, 5) is 4.45. The Hall–Kier alpha value is -3.79. The van der Waals surface area contributed by atoms with Crippen molar-refractivity contribution in [1.82, 2.24) is 19.7 Å². The largest absolute Gasteiger partial charge is 0.496 e. The molecule has 0 aliphatic carbocycles. The van der Waals surface area contributed by atoms with Crippen molar-refractivity contribution in [2.24, 2.45) is 0 Å². The number of nitrogens with zero attached hydrogens (tertiary/aromatic N) is 5. The number of imidazole rings is 1. The van der Waals surface area contributed by atoms with Crippen LogP contribution in [0.25, 0.3) is 33.4 Å². The summed E-state index contributed by atoms with van der Waals surface area (Å²) in [5.41, 5.74) is 4.16. The van der Waals surface area contributed by atoms with Gasteiger partial charge in [0.25, 0.3) is 0 Å². The van der Waals surface area contributed by atoms with Crippen LogP contribution >= 0.6 is 0 Å². The zero-order valence-electron chi connectivity index (χ0n) is 15.3. The molecule has 0 unspecified atom stereocenters. The minimum atomic E-state index is -0.408. The van der Waals surface area contributed by atoms with Crippen molar-refractivity contribution in [3.05, 3.63) is 60.3 Å².